The molecule has 0 rings (SSSR count). The highest BCUT2D eigenvalue weighted by atomic mass is 16.2. The summed E-state index contributed by atoms with van der Waals surface area (Å²) < 4.78 is 0. The first-order chi connectivity index (χ1) is 5.72. The van der Waals surface area contributed by atoms with Gasteiger partial charge in [0.2, 0.25) is 5.78 Å². The molecule has 0 aliphatic carbocycles. The monoisotopic (exact) mass is 168 g/mol. The standard InChI is InChI=1S/C10H16O2/c1-3-5-6-7-8-10(12)9(11)4-2/h4H,2-3,5-8H2,1H3. The Morgan fingerprint density at radius 3 is 2.42 bits per heavy atom. The predicted molar refractivity (Wildman–Crippen MR) is 48.4 cm³/mol. The molecule has 0 N–H and O–H groups in total. The van der Waals surface area contributed by atoms with E-state index in [1.165, 1.54) is 0 Å². The summed E-state index contributed by atoms with van der Waals surface area (Å²) >= 11 is 0. The SMILES string of the molecule is [CH2][CH]C(=O)C(=O)CCCCCC. The van der Waals surface area contributed by atoms with E-state index < -0.39 is 5.78 Å². The molecule has 0 aromatic rings. The van der Waals surface area contributed by atoms with Crippen LogP contribution in [-0.4, -0.2) is 11.6 Å². The number of ketones is 2. The summed E-state index contributed by atoms with van der Waals surface area (Å²) in [4.78, 5) is 21.6. The maximum atomic E-state index is 10.9. The van der Waals surface area contributed by atoms with Gasteiger partial charge < -0.3 is 0 Å². The molecule has 12 heavy (non-hydrogen) atoms. The van der Waals surface area contributed by atoms with Gasteiger partial charge in [-0.15, -0.1) is 0 Å². The van der Waals surface area contributed by atoms with Crippen molar-refractivity contribution in [2.75, 3.05) is 0 Å². The van der Waals surface area contributed by atoms with Crippen molar-refractivity contribution in [1.82, 2.24) is 0 Å². The minimum Gasteiger partial charge on any atom is -0.291 e. The summed E-state index contributed by atoms with van der Waals surface area (Å²) in [7, 11) is 0. The number of unbranched alkanes of at least 4 members (excludes halogenated alkanes) is 3. The molecule has 0 heterocycles. The average molecular weight is 168 g/mol. The molecule has 0 atom stereocenters. The van der Waals surface area contributed by atoms with Crippen LogP contribution in [0.1, 0.15) is 39.0 Å². The molecule has 0 aliphatic rings. The van der Waals surface area contributed by atoms with E-state index in [9.17, 15) is 9.59 Å². The maximum absolute atomic E-state index is 10.9. The van der Waals surface area contributed by atoms with E-state index in [2.05, 4.69) is 13.8 Å². The van der Waals surface area contributed by atoms with Gasteiger partial charge in [-0.1, -0.05) is 26.2 Å². The summed E-state index contributed by atoms with van der Waals surface area (Å²) in [5, 5.41) is 0. The van der Waals surface area contributed by atoms with Crippen molar-refractivity contribution in [3.8, 4) is 0 Å². The molecule has 0 aliphatic heterocycles. The second-order valence-electron chi connectivity index (χ2n) is 2.80. The van der Waals surface area contributed by atoms with E-state index in [1.54, 1.807) is 0 Å². The third-order valence-electron chi connectivity index (χ3n) is 1.72. The topological polar surface area (TPSA) is 34.1 Å². The van der Waals surface area contributed by atoms with Gasteiger partial charge >= 0.3 is 0 Å². The van der Waals surface area contributed by atoms with Gasteiger partial charge in [0, 0.05) is 12.8 Å². The smallest absolute Gasteiger partial charge is 0.202 e. The van der Waals surface area contributed by atoms with Crippen molar-refractivity contribution in [2.45, 2.75) is 39.0 Å². The molecular formula is C10H16O2. The minimum atomic E-state index is -0.452. The fourth-order valence-electron chi connectivity index (χ4n) is 0.949. The number of hydrogen-bond acceptors (Lipinski definition) is 2. The molecule has 0 aromatic carbocycles. The molecule has 0 aromatic heterocycles. The quantitative estimate of drug-likeness (QED) is 0.431. The second-order valence-corrected chi connectivity index (χ2v) is 2.80. The zero-order valence-electron chi connectivity index (χ0n) is 7.64. The Bertz CT molecular complexity index is 150. The zero-order valence-corrected chi connectivity index (χ0v) is 7.64. The first-order valence-electron chi connectivity index (χ1n) is 4.42. The van der Waals surface area contributed by atoms with Gasteiger partial charge in [-0.25, -0.2) is 0 Å². The highest BCUT2D eigenvalue weighted by molar-refractivity contribution is 6.40. The Balaban J connectivity index is 3.38. The predicted octanol–water partition coefficient (Wildman–Crippen LogP) is 2.13. The minimum absolute atomic E-state index is 0.305. The van der Waals surface area contributed by atoms with Crippen LogP contribution in [0.3, 0.4) is 0 Å². The van der Waals surface area contributed by atoms with Crippen molar-refractivity contribution in [2.24, 2.45) is 0 Å². The van der Waals surface area contributed by atoms with Gasteiger partial charge in [0.15, 0.2) is 5.78 Å². The van der Waals surface area contributed by atoms with E-state index in [0.717, 1.165) is 32.1 Å². The zero-order chi connectivity index (χ0) is 9.40. The van der Waals surface area contributed by atoms with Crippen molar-refractivity contribution in [1.29, 1.82) is 0 Å². The normalized spacial score (nSPS) is 9.83. The van der Waals surface area contributed by atoms with Crippen molar-refractivity contribution >= 4 is 11.6 Å². The lowest BCUT2D eigenvalue weighted by Crippen LogP contribution is -2.12. The van der Waals surface area contributed by atoms with Crippen LogP contribution >= 0.6 is 0 Å². The maximum Gasteiger partial charge on any atom is 0.202 e. The molecule has 68 valence electrons. The summed E-state index contributed by atoms with van der Waals surface area (Å²) in [6.07, 6.45) is 5.60. The second kappa shape index (κ2) is 7.01. The van der Waals surface area contributed by atoms with E-state index in [0.29, 0.717) is 6.42 Å². The average Bonchev–Trinajstić information content (AvgIpc) is 2.10. The highest BCUT2D eigenvalue weighted by Crippen LogP contribution is 2.03. The Labute approximate surface area is 74.3 Å². The lowest BCUT2D eigenvalue weighted by Gasteiger charge is -1.97. The van der Waals surface area contributed by atoms with E-state index in [1.807, 2.05) is 0 Å². The molecule has 0 unspecified atom stereocenters. The molecule has 2 heteroatoms. The third-order valence-corrected chi connectivity index (χ3v) is 1.72. The van der Waals surface area contributed by atoms with Gasteiger partial charge in [-0.05, 0) is 13.3 Å². The lowest BCUT2D eigenvalue weighted by molar-refractivity contribution is -0.134. The van der Waals surface area contributed by atoms with Crippen molar-refractivity contribution < 1.29 is 9.59 Å². The van der Waals surface area contributed by atoms with Gasteiger partial charge in [-0.2, -0.15) is 0 Å². The third kappa shape index (κ3) is 5.05. The summed E-state index contributed by atoms with van der Waals surface area (Å²) in [6.45, 7) is 5.36. The van der Waals surface area contributed by atoms with Crippen LogP contribution < -0.4 is 0 Å². The van der Waals surface area contributed by atoms with Gasteiger partial charge in [-0.3, -0.25) is 9.59 Å². The van der Waals surface area contributed by atoms with Gasteiger partial charge in [0.1, 0.15) is 0 Å². The van der Waals surface area contributed by atoms with Crippen LogP contribution in [0.5, 0.6) is 0 Å². The molecule has 0 bridgehead atoms. The molecule has 0 spiro atoms. The van der Waals surface area contributed by atoms with Crippen molar-refractivity contribution in [3.63, 3.8) is 0 Å². The Morgan fingerprint density at radius 2 is 1.92 bits per heavy atom. The molecule has 0 saturated carbocycles. The number of Topliss-reactive ketones (excluding diaryl/α,β-unsaturated/α-hetero) is 2. The van der Waals surface area contributed by atoms with Gasteiger partial charge in [0.25, 0.3) is 0 Å². The van der Waals surface area contributed by atoms with Crippen LogP contribution in [0.2, 0.25) is 0 Å². The van der Waals surface area contributed by atoms with E-state index in [4.69, 9.17) is 0 Å². The first-order valence-corrected chi connectivity index (χ1v) is 4.42. The molecule has 0 amide bonds. The number of carbonyl (C=O) groups is 2. The van der Waals surface area contributed by atoms with E-state index in [-0.39, 0.29) is 5.78 Å². The number of hydrogen-bond donors (Lipinski definition) is 0. The Hall–Kier alpha value is -0.660. The molecule has 0 fully saturated rings. The Morgan fingerprint density at radius 1 is 1.25 bits per heavy atom. The number of carbonyl (C=O) groups excluding carboxylic acids is 2. The summed E-state index contributed by atoms with van der Waals surface area (Å²) in [5.41, 5.74) is 0. The van der Waals surface area contributed by atoms with E-state index >= 15 is 0 Å². The first kappa shape index (κ1) is 11.3. The summed E-state index contributed by atoms with van der Waals surface area (Å²) in [5.74, 6) is -0.757. The van der Waals surface area contributed by atoms with Crippen LogP contribution in [0, 0.1) is 13.3 Å². The lowest BCUT2D eigenvalue weighted by atomic mass is 10.1. The molecule has 0 saturated heterocycles. The van der Waals surface area contributed by atoms with Crippen LogP contribution in [-0.2, 0) is 9.59 Å². The molecule has 2 nitrogen and oxygen atoms in total. The molecular weight excluding hydrogens is 152 g/mol. The Kier molecular flexibility index (Phi) is 6.63. The van der Waals surface area contributed by atoms with Crippen LogP contribution in [0.15, 0.2) is 0 Å². The summed E-state index contributed by atoms with van der Waals surface area (Å²) in [6, 6.07) is 0. The molecule has 2 radical (unpaired) electrons. The van der Waals surface area contributed by atoms with Gasteiger partial charge in [0.05, 0.1) is 0 Å². The van der Waals surface area contributed by atoms with Crippen LogP contribution in [0.4, 0.5) is 0 Å². The highest BCUT2D eigenvalue weighted by Gasteiger charge is 2.09. The van der Waals surface area contributed by atoms with Crippen LogP contribution in [0.25, 0.3) is 0 Å². The number of rotatable bonds is 7. The largest absolute Gasteiger partial charge is 0.291 e. The van der Waals surface area contributed by atoms with Crippen molar-refractivity contribution in [3.05, 3.63) is 13.3 Å². The fourth-order valence-corrected chi connectivity index (χ4v) is 0.949. The fraction of sp³-hybridized carbons (Fsp3) is 0.600.